The van der Waals surface area contributed by atoms with E-state index in [9.17, 15) is 4.79 Å². The van der Waals surface area contributed by atoms with Crippen molar-refractivity contribution in [2.24, 2.45) is 16.8 Å². The van der Waals surface area contributed by atoms with E-state index in [1.807, 2.05) is 7.05 Å². The average Bonchev–Trinajstić information content (AvgIpc) is 3.39. The van der Waals surface area contributed by atoms with Crippen LogP contribution in [0.2, 0.25) is 0 Å². The van der Waals surface area contributed by atoms with Crippen LogP contribution in [0.4, 0.5) is 0 Å². The molecule has 2 aliphatic heterocycles. The van der Waals surface area contributed by atoms with Crippen LogP contribution in [-0.2, 0) is 4.79 Å². The van der Waals surface area contributed by atoms with E-state index in [0.717, 1.165) is 44.9 Å². The van der Waals surface area contributed by atoms with Gasteiger partial charge in [-0.2, -0.15) is 0 Å². The number of aliphatic imine (C=N–C) groups is 1. The molecule has 1 aliphatic carbocycles. The Hall–Kier alpha value is -1.30. The molecule has 1 saturated carbocycles. The first-order valence-corrected chi connectivity index (χ1v) is 11.6. The van der Waals surface area contributed by atoms with Gasteiger partial charge in [-0.3, -0.25) is 14.7 Å². The van der Waals surface area contributed by atoms with E-state index in [2.05, 4.69) is 39.3 Å². The highest BCUT2D eigenvalue weighted by Crippen LogP contribution is 2.26. The number of hydrogen-bond donors (Lipinski definition) is 2. The quantitative estimate of drug-likeness (QED) is 0.539. The molecule has 2 N–H and O–H groups in total. The molecule has 3 fully saturated rings. The Labute approximate surface area is 171 Å². The van der Waals surface area contributed by atoms with Gasteiger partial charge in [0.05, 0.1) is 0 Å². The smallest absolute Gasteiger partial charge is 0.225 e. The SMILES string of the molecule is CN=C(NCC(C(C)C)N1CCCC1)NC1CCN(C(=O)C2CCCCC2)C1. The molecule has 0 aromatic rings. The van der Waals surface area contributed by atoms with Crippen LogP contribution in [0.3, 0.4) is 0 Å². The molecule has 0 aromatic carbocycles. The Bertz CT molecular complexity index is 523. The number of nitrogens with one attached hydrogen (secondary N) is 2. The summed E-state index contributed by atoms with van der Waals surface area (Å²) in [5.74, 6) is 2.17. The van der Waals surface area contributed by atoms with Crippen LogP contribution in [0.5, 0.6) is 0 Å². The van der Waals surface area contributed by atoms with Gasteiger partial charge in [-0.1, -0.05) is 33.1 Å². The highest BCUT2D eigenvalue weighted by Gasteiger charge is 2.32. The fourth-order valence-corrected chi connectivity index (χ4v) is 5.13. The minimum Gasteiger partial charge on any atom is -0.355 e. The zero-order valence-corrected chi connectivity index (χ0v) is 18.3. The number of nitrogens with zero attached hydrogens (tertiary/aromatic N) is 3. The van der Waals surface area contributed by atoms with Gasteiger partial charge in [0.25, 0.3) is 0 Å². The highest BCUT2D eigenvalue weighted by molar-refractivity contribution is 5.81. The highest BCUT2D eigenvalue weighted by atomic mass is 16.2. The molecule has 28 heavy (non-hydrogen) atoms. The molecule has 2 unspecified atom stereocenters. The van der Waals surface area contributed by atoms with Crippen molar-refractivity contribution < 1.29 is 4.79 Å². The minimum absolute atomic E-state index is 0.275. The van der Waals surface area contributed by atoms with Crippen molar-refractivity contribution in [1.29, 1.82) is 0 Å². The monoisotopic (exact) mass is 391 g/mol. The van der Waals surface area contributed by atoms with Crippen LogP contribution >= 0.6 is 0 Å². The molecule has 160 valence electrons. The van der Waals surface area contributed by atoms with Gasteiger partial charge in [-0.05, 0) is 51.1 Å². The molecule has 2 saturated heterocycles. The van der Waals surface area contributed by atoms with Crippen LogP contribution in [0.25, 0.3) is 0 Å². The molecule has 3 rings (SSSR count). The standard InChI is InChI=1S/C22H41N5O/c1-17(2)20(26-12-7-8-13-26)15-24-22(23-3)25-19-11-14-27(16-19)21(28)18-9-5-4-6-10-18/h17-20H,4-16H2,1-3H3,(H2,23,24,25). The van der Waals surface area contributed by atoms with Crippen molar-refractivity contribution in [3.8, 4) is 0 Å². The van der Waals surface area contributed by atoms with Gasteiger partial charge in [0.15, 0.2) is 5.96 Å². The summed E-state index contributed by atoms with van der Waals surface area (Å²) in [4.78, 5) is 21.9. The van der Waals surface area contributed by atoms with Gasteiger partial charge in [0.1, 0.15) is 0 Å². The average molecular weight is 392 g/mol. The van der Waals surface area contributed by atoms with E-state index in [4.69, 9.17) is 0 Å². The van der Waals surface area contributed by atoms with Crippen LogP contribution in [0.1, 0.15) is 65.2 Å². The lowest BCUT2D eigenvalue weighted by Crippen LogP contribution is -2.51. The van der Waals surface area contributed by atoms with Crippen molar-refractivity contribution in [3.63, 3.8) is 0 Å². The maximum atomic E-state index is 12.8. The largest absolute Gasteiger partial charge is 0.355 e. The van der Waals surface area contributed by atoms with Crippen LogP contribution in [-0.4, -0.2) is 73.5 Å². The Morgan fingerprint density at radius 2 is 1.75 bits per heavy atom. The summed E-state index contributed by atoms with van der Waals surface area (Å²) in [5, 5.41) is 7.12. The van der Waals surface area contributed by atoms with E-state index < -0.39 is 0 Å². The predicted octanol–water partition coefficient (Wildman–Crippen LogP) is 2.45. The molecular formula is C22H41N5O. The maximum Gasteiger partial charge on any atom is 0.225 e. The fourth-order valence-electron chi connectivity index (χ4n) is 5.13. The number of hydrogen-bond acceptors (Lipinski definition) is 3. The third-order valence-electron chi connectivity index (χ3n) is 6.88. The van der Waals surface area contributed by atoms with Crippen molar-refractivity contribution in [2.75, 3.05) is 39.8 Å². The number of likely N-dealkylation sites (tertiary alicyclic amines) is 2. The molecular weight excluding hydrogens is 350 g/mol. The lowest BCUT2D eigenvalue weighted by atomic mass is 9.88. The topological polar surface area (TPSA) is 60.0 Å². The number of carbonyl (C=O) groups is 1. The number of rotatable bonds is 6. The van der Waals surface area contributed by atoms with E-state index in [-0.39, 0.29) is 5.92 Å². The normalized spacial score (nSPS) is 26.1. The Kier molecular flexibility index (Phi) is 8.00. The van der Waals surface area contributed by atoms with Gasteiger partial charge >= 0.3 is 0 Å². The molecule has 6 nitrogen and oxygen atoms in total. The van der Waals surface area contributed by atoms with Crippen LogP contribution in [0.15, 0.2) is 4.99 Å². The molecule has 3 aliphatic rings. The lowest BCUT2D eigenvalue weighted by molar-refractivity contribution is -0.135. The molecule has 2 atom stereocenters. The van der Waals surface area contributed by atoms with Gasteiger partial charge in [0, 0.05) is 44.7 Å². The minimum atomic E-state index is 0.275. The van der Waals surface area contributed by atoms with Gasteiger partial charge < -0.3 is 15.5 Å². The van der Waals surface area contributed by atoms with E-state index in [0.29, 0.717) is 23.9 Å². The molecule has 0 bridgehead atoms. The second-order valence-electron chi connectivity index (χ2n) is 9.26. The van der Waals surface area contributed by atoms with Crippen LogP contribution < -0.4 is 10.6 Å². The zero-order chi connectivity index (χ0) is 19.9. The summed E-state index contributed by atoms with van der Waals surface area (Å²) < 4.78 is 0. The third-order valence-corrected chi connectivity index (χ3v) is 6.88. The zero-order valence-electron chi connectivity index (χ0n) is 18.3. The van der Waals surface area contributed by atoms with Crippen molar-refractivity contribution in [1.82, 2.24) is 20.4 Å². The predicted molar refractivity (Wildman–Crippen MR) is 115 cm³/mol. The third kappa shape index (κ3) is 5.62. The van der Waals surface area contributed by atoms with Crippen LogP contribution in [0, 0.1) is 11.8 Å². The first kappa shape index (κ1) is 21.4. The Balaban J connectivity index is 1.45. The lowest BCUT2D eigenvalue weighted by Gasteiger charge is -2.31. The molecule has 0 radical (unpaired) electrons. The summed E-state index contributed by atoms with van der Waals surface area (Å²) in [6.07, 6.45) is 9.57. The first-order chi connectivity index (χ1) is 13.6. The summed E-state index contributed by atoms with van der Waals surface area (Å²) >= 11 is 0. The number of amides is 1. The second-order valence-corrected chi connectivity index (χ2v) is 9.26. The van der Waals surface area contributed by atoms with E-state index in [1.165, 1.54) is 45.2 Å². The summed E-state index contributed by atoms with van der Waals surface area (Å²) in [6, 6.07) is 0.858. The summed E-state index contributed by atoms with van der Waals surface area (Å²) in [6.45, 7) is 9.69. The van der Waals surface area contributed by atoms with Crippen molar-refractivity contribution >= 4 is 11.9 Å². The molecule has 1 amide bonds. The molecule has 6 heteroatoms. The molecule has 0 spiro atoms. The van der Waals surface area contributed by atoms with Gasteiger partial charge in [-0.15, -0.1) is 0 Å². The Morgan fingerprint density at radius 1 is 1.04 bits per heavy atom. The molecule has 0 aromatic heterocycles. The molecule has 2 heterocycles. The van der Waals surface area contributed by atoms with Crippen molar-refractivity contribution in [3.05, 3.63) is 0 Å². The van der Waals surface area contributed by atoms with E-state index >= 15 is 0 Å². The second kappa shape index (κ2) is 10.5. The first-order valence-electron chi connectivity index (χ1n) is 11.6. The Morgan fingerprint density at radius 3 is 2.39 bits per heavy atom. The van der Waals surface area contributed by atoms with Crippen molar-refractivity contribution in [2.45, 2.75) is 77.3 Å². The summed E-state index contributed by atoms with van der Waals surface area (Å²) in [7, 11) is 1.84. The van der Waals surface area contributed by atoms with Gasteiger partial charge in [0.2, 0.25) is 5.91 Å². The van der Waals surface area contributed by atoms with E-state index in [1.54, 1.807) is 0 Å². The fraction of sp³-hybridized carbons (Fsp3) is 0.909. The summed E-state index contributed by atoms with van der Waals surface area (Å²) in [5.41, 5.74) is 0. The maximum absolute atomic E-state index is 12.8. The van der Waals surface area contributed by atoms with Gasteiger partial charge in [-0.25, -0.2) is 0 Å². The number of carbonyl (C=O) groups excluding carboxylic acids is 1. The number of guanidine groups is 1.